The SMILES string of the molecule is COc1cc([N+](=O)[O-])ccc1NC(=S)Nc1cc(C)ccc1OC(F)F. The predicted octanol–water partition coefficient (Wildman–Crippen LogP) is 4.32. The predicted molar refractivity (Wildman–Crippen MR) is 97.3 cm³/mol. The molecule has 0 spiro atoms. The number of nitrogens with zero attached hydrogens (tertiary/aromatic N) is 1. The number of non-ortho nitro benzene ring substituents is 1. The van der Waals surface area contributed by atoms with Gasteiger partial charge in [0.25, 0.3) is 5.69 Å². The Morgan fingerprint density at radius 3 is 2.46 bits per heavy atom. The maximum atomic E-state index is 12.5. The monoisotopic (exact) mass is 383 g/mol. The van der Waals surface area contributed by atoms with E-state index in [0.717, 1.165) is 5.56 Å². The standard InChI is InChI=1S/C16H15F2N3O4S/c1-9-3-6-13(25-15(17)18)12(7-9)20-16(26)19-11-5-4-10(21(22)23)8-14(11)24-2/h3-8,15H,1-2H3,(H2,19,20,26). The van der Waals surface area contributed by atoms with E-state index in [1.807, 2.05) is 0 Å². The van der Waals surface area contributed by atoms with E-state index in [1.54, 1.807) is 19.1 Å². The number of ether oxygens (including phenoxy) is 2. The molecule has 0 aliphatic carbocycles. The van der Waals surface area contributed by atoms with Crippen molar-refractivity contribution in [2.75, 3.05) is 17.7 Å². The van der Waals surface area contributed by atoms with Crippen molar-refractivity contribution in [3.8, 4) is 11.5 Å². The molecule has 2 N–H and O–H groups in total. The number of nitro benzene ring substituents is 1. The fourth-order valence-electron chi connectivity index (χ4n) is 2.11. The zero-order valence-corrected chi connectivity index (χ0v) is 14.6. The van der Waals surface area contributed by atoms with Crippen molar-refractivity contribution in [1.29, 1.82) is 0 Å². The maximum Gasteiger partial charge on any atom is 0.387 e. The Balaban J connectivity index is 2.19. The largest absolute Gasteiger partial charge is 0.494 e. The molecule has 0 aliphatic rings. The van der Waals surface area contributed by atoms with E-state index in [1.165, 1.54) is 31.4 Å². The van der Waals surface area contributed by atoms with Gasteiger partial charge in [-0.05, 0) is 42.9 Å². The van der Waals surface area contributed by atoms with Gasteiger partial charge in [-0.15, -0.1) is 0 Å². The van der Waals surface area contributed by atoms with Gasteiger partial charge in [-0.1, -0.05) is 6.07 Å². The average molecular weight is 383 g/mol. The fraction of sp³-hybridized carbons (Fsp3) is 0.188. The van der Waals surface area contributed by atoms with Crippen LogP contribution in [0.25, 0.3) is 0 Å². The molecule has 138 valence electrons. The van der Waals surface area contributed by atoms with Crippen LogP contribution in [0.15, 0.2) is 36.4 Å². The van der Waals surface area contributed by atoms with E-state index in [9.17, 15) is 18.9 Å². The summed E-state index contributed by atoms with van der Waals surface area (Å²) in [5.41, 5.74) is 1.30. The number of nitro groups is 1. The van der Waals surface area contributed by atoms with E-state index in [-0.39, 0.29) is 28.0 Å². The molecule has 0 radical (unpaired) electrons. The second-order valence-corrected chi connectivity index (χ2v) is 5.51. The molecule has 0 bridgehead atoms. The number of thiocarbonyl (C=S) groups is 1. The molecule has 0 saturated heterocycles. The zero-order chi connectivity index (χ0) is 19.3. The number of methoxy groups -OCH3 is 1. The summed E-state index contributed by atoms with van der Waals surface area (Å²) in [7, 11) is 1.36. The van der Waals surface area contributed by atoms with Crippen LogP contribution in [-0.4, -0.2) is 23.8 Å². The lowest BCUT2D eigenvalue weighted by Gasteiger charge is -2.16. The fourth-order valence-corrected chi connectivity index (χ4v) is 2.33. The first-order valence-electron chi connectivity index (χ1n) is 7.26. The number of halogens is 2. The first-order valence-corrected chi connectivity index (χ1v) is 7.67. The quantitative estimate of drug-likeness (QED) is 0.436. The van der Waals surface area contributed by atoms with Crippen molar-refractivity contribution in [1.82, 2.24) is 0 Å². The molecular weight excluding hydrogens is 368 g/mol. The number of nitrogens with one attached hydrogen (secondary N) is 2. The van der Waals surface area contributed by atoms with Crippen LogP contribution in [0.2, 0.25) is 0 Å². The molecule has 0 aromatic heterocycles. The third-order valence-electron chi connectivity index (χ3n) is 3.24. The van der Waals surface area contributed by atoms with Gasteiger partial charge in [0.2, 0.25) is 0 Å². The lowest BCUT2D eigenvalue weighted by Crippen LogP contribution is -2.20. The summed E-state index contributed by atoms with van der Waals surface area (Å²) < 4.78 is 34.6. The second-order valence-electron chi connectivity index (χ2n) is 5.10. The zero-order valence-electron chi connectivity index (χ0n) is 13.8. The summed E-state index contributed by atoms with van der Waals surface area (Å²) in [6.07, 6.45) is 0. The minimum atomic E-state index is -2.98. The van der Waals surface area contributed by atoms with Crippen molar-refractivity contribution in [3.05, 3.63) is 52.1 Å². The third-order valence-corrected chi connectivity index (χ3v) is 3.45. The molecule has 10 heteroatoms. The van der Waals surface area contributed by atoms with Crippen molar-refractivity contribution in [3.63, 3.8) is 0 Å². The summed E-state index contributed by atoms with van der Waals surface area (Å²) in [6, 6.07) is 8.57. The molecule has 0 fully saturated rings. The van der Waals surface area contributed by atoms with Crippen LogP contribution >= 0.6 is 12.2 Å². The first kappa shape index (κ1) is 19.3. The Bertz CT molecular complexity index is 833. The normalized spacial score (nSPS) is 10.3. The van der Waals surface area contributed by atoms with Crippen LogP contribution in [0.3, 0.4) is 0 Å². The molecule has 2 aromatic carbocycles. The molecular formula is C16H15F2N3O4S. The summed E-state index contributed by atoms with van der Waals surface area (Å²) >= 11 is 5.17. The van der Waals surface area contributed by atoms with Gasteiger partial charge in [0, 0.05) is 6.07 Å². The number of alkyl halides is 2. The van der Waals surface area contributed by atoms with Crippen LogP contribution in [0, 0.1) is 17.0 Å². The highest BCUT2D eigenvalue weighted by molar-refractivity contribution is 7.80. The molecule has 2 rings (SSSR count). The van der Waals surface area contributed by atoms with E-state index < -0.39 is 11.5 Å². The van der Waals surface area contributed by atoms with E-state index in [4.69, 9.17) is 17.0 Å². The number of anilines is 2. The van der Waals surface area contributed by atoms with Crippen molar-refractivity contribution < 1.29 is 23.2 Å². The van der Waals surface area contributed by atoms with Crippen molar-refractivity contribution >= 4 is 34.4 Å². The van der Waals surface area contributed by atoms with E-state index in [0.29, 0.717) is 5.69 Å². The molecule has 0 aliphatic heterocycles. The Kier molecular flexibility index (Phi) is 6.23. The Morgan fingerprint density at radius 2 is 1.85 bits per heavy atom. The summed E-state index contributed by atoms with van der Waals surface area (Å²) in [5, 5.41) is 16.5. The minimum Gasteiger partial charge on any atom is -0.494 e. The summed E-state index contributed by atoms with van der Waals surface area (Å²) in [5.74, 6) is 0.141. The topological polar surface area (TPSA) is 85.7 Å². The molecule has 7 nitrogen and oxygen atoms in total. The molecule has 26 heavy (non-hydrogen) atoms. The Morgan fingerprint density at radius 1 is 1.15 bits per heavy atom. The van der Waals surface area contributed by atoms with Gasteiger partial charge >= 0.3 is 6.61 Å². The Labute approximate surface area is 153 Å². The number of benzene rings is 2. The van der Waals surface area contributed by atoms with Gasteiger partial charge in [-0.2, -0.15) is 8.78 Å². The number of rotatable bonds is 6. The van der Waals surface area contributed by atoms with Gasteiger partial charge in [0.15, 0.2) is 5.11 Å². The van der Waals surface area contributed by atoms with Crippen LogP contribution in [0.1, 0.15) is 5.56 Å². The molecule has 0 heterocycles. The van der Waals surface area contributed by atoms with Gasteiger partial charge in [-0.3, -0.25) is 10.1 Å². The highest BCUT2D eigenvalue weighted by atomic mass is 32.1. The molecule has 0 unspecified atom stereocenters. The van der Waals surface area contributed by atoms with Gasteiger partial charge in [0.1, 0.15) is 11.5 Å². The van der Waals surface area contributed by atoms with Crippen LogP contribution in [0.4, 0.5) is 25.8 Å². The minimum absolute atomic E-state index is 0.0644. The van der Waals surface area contributed by atoms with Gasteiger partial charge < -0.3 is 20.1 Å². The van der Waals surface area contributed by atoms with Crippen molar-refractivity contribution in [2.45, 2.75) is 13.5 Å². The molecule has 0 amide bonds. The number of aryl methyl sites for hydroxylation is 1. The highest BCUT2D eigenvalue weighted by Gasteiger charge is 2.14. The molecule has 2 aromatic rings. The van der Waals surface area contributed by atoms with Gasteiger partial charge in [-0.25, -0.2) is 0 Å². The van der Waals surface area contributed by atoms with Crippen LogP contribution in [0.5, 0.6) is 11.5 Å². The maximum absolute atomic E-state index is 12.5. The van der Waals surface area contributed by atoms with Crippen molar-refractivity contribution in [2.24, 2.45) is 0 Å². The van der Waals surface area contributed by atoms with Crippen LogP contribution < -0.4 is 20.1 Å². The highest BCUT2D eigenvalue weighted by Crippen LogP contribution is 2.30. The third kappa shape index (κ3) is 4.99. The lowest BCUT2D eigenvalue weighted by molar-refractivity contribution is -0.384. The smallest absolute Gasteiger partial charge is 0.387 e. The van der Waals surface area contributed by atoms with E-state index in [2.05, 4.69) is 15.4 Å². The average Bonchev–Trinajstić information content (AvgIpc) is 2.57. The molecule has 0 saturated carbocycles. The summed E-state index contributed by atoms with van der Waals surface area (Å²) in [6.45, 7) is -1.19. The first-order chi connectivity index (χ1) is 12.3. The van der Waals surface area contributed by atoms with Gasteiger partial charge in [0.05, 0.1) is 29.5 Å². The lowest BCUT2D eigenvalue weighted by atomic mass is 10.2. The van der Waals surface area contributed by atoms with E-state index >= 15 is 0 Å². The second kappa shape index (κ2) is 8.39. The number of hydrogen-bond donors (Lipinski definition) is 2. The van der Waals surface area contributed by atoms with Crippen LogP contribution in [-0.2, 0) is 0 Å². The Hall–Kier alpha value is -3.01. The molecule has 0 atom stereocenters. The summed E-state index contributed by atoms with van der Waals surface area (Å²) in [4.78, 5) is 10.3. The number of hydrogen-bond acceptors (Lipinski definition) is 5.